The molecule has 0 aliphatic carbocycles. The summed E-state index contributed by atoms with van der Waals surface area (Å²) in [6, 6.07) is -1.00. The molecule has 1 fully saturated rings. The van der Waals surface area contributed by atoms with Gasteiger partial charge in [-0.3, -0.25) is 14.6 Å². The summed E-state index contributed by atoms with van der Waals surface area (Å²) in [5.74, 6) is -5.51. The molecule has 0 unspecified atom stereocenters. The topological polar surface area (TPSA) is 102 Å². The van der Waals surface area contributed by atoms with Gasteiger partial charge in [-0.25, -0.2) is 4.79 Å². The second-order valence-electron chi connectivity index (χ2n) is 5.19. The summed E-state index contributed by atoms with van der Waals surface area (Å²) in [6.07, 6.45) is 1.62. The van der Waals surface area contributed by atoms with Crippen LogP contribution in [0.3, 0.4) is 0 Å². The summed E-state index contributed by atoms with van der Waals surface area (Å²) in [5.41, 5.74) is 0. The fourth-order valence-electron chi connectivity index (χ4n) is 1.71. The van der Waals surface area contributed by atoms with E-state index in [0.717, 1.165) is 6.21 Å². The quantitative estimate of drug-likeness (QED) is 0.459. The Kier molecular flexibility index (Phi) is 4.86. The first-order valence-electron chi connectivity index (χ1n) is 6.39. The lowest BCUT2D eigenvalue weighted by Gasteiger charge is -2.31. The number of ether oxygens (including phenoxy) is 2. The predicted molar refractivity (Wildman–Crippen MR) is 69.1 cm³/mol. The lowest BCUT2D eigenvalue weighted by Crippen LogP contribution is -2.47. The Bertz CT molecular complexity index is 422. The average molecular weight is 285 g/mol. The number of carboxylic acids is 1. The van der Waals surface area contributed by atoms with E-state index >= 15 is 0 Å². The molecule has 2 atom stereocenters. The fraction of sp³-hybridized carbons (Fsp3) is 0.692. The van der Waals surface area contributed by atoms with Gasteiger partial charge in [-0.2, -0.15) is 0 Å². The number of carboxylic acid groups (broad SMARTS) is 1. The van der Waals surface area contributed by atoms with Crippen LogP contribution in [0.25, 0.3) is 0 Å². The van der Waals surface area contributed by atoms with Crippen LogP contribution in [-0.4, -0.2) is 41.1 Å². The smallest absolute Gasteiger partial charge is 0.329 e. The minimum absolute atomic E-state index is 0.212. The van der Waals surface area contributed by atoms with Gasteiger partial charge in [0.2, 0.25) is 0 Å². The van der Waals surface area contributed by atoms with Gasteiger partial charge in [0, 0.05) is 20.1 Å². The molecule has 0 aromatic rings. The predicted octanol–water partition coefficient (Wildman–Crippen LogP) is 1.01. The molecule has 1 N–H and O–H groups in total. The van der Waals surface area contributed by atoms with Crippen molar-refractivity contribution in [2.75, 3.05) is 0 Å². The Labute approximate surface area is 117 Å². The number of carbonyl (C=O) groups excluding carboxylic acids is 2. The first kappa shape index (κ1) is 16.1. The van der Waals surface area contributed by atoms with Gasteiger partial charge in [-0.05, 0) is 5.92 Å². The van der Waals surface area contributed by atoms with Crippen molar-refractivity contribution >= 4 is 24.1 Å². The highest BCUT2D eigenvalue weighted by atomic mass is 16.7. The standard InChI is InChI=1S/C13H19NO6/c1-5-7(2)9(10(15)16)14-6-8-11(17)19-13(3,4)20-12(8)18/h6-9H,5H2,1-4H3,(H,15,16)/t7-,9-/m0/s1. The molecule has 112 valence electrons. The van der Waals surface area contributed by atoms with Crippen LogP contribution >= 0.6 is 0 Å². The van der Waals surface area contributed by atoms with Crippen LogP contribution in [0, 0.1) is 11.8 Å². The van der Waals surface area contributed by atoms with Crippen LogP contribution in [0.15, 0.2) is 4.99 Å². The zero-order valence-corrected chi connectivity index (χ0v) is 12.0. The second-order valence-corrected chi connectivity index (χ2v) is 5.19. The molecule has 0 spiro atoms. The third-order valence-electron chi connectivity index (χ3n) is 3.03. The van der Waals surface area contributed by atoms with E-state index in [1.165, 1.54) is 13.8 Å². The zero-order valence-electron chi connectivity index (χ0n) is 12.0. The normalized spacial score (nSPS) is 22.2. The van der Waals surface area contributed by atoms with E-state index in [9.17, 15) is 14.4 Å². The van der Waals surface area contributed by atoms with Crippen molar-refractivity contribution in [3.8, 4) is 0 Å². The first-order chi connectivity index (χ1) is 9.18. The van der Waals surface area contributed by atoms with Crippen LogP contribution in [0.2, 0.25) is 0 Å². The van der Waals surface area contributed by atoms with Gasteiger partial charge >= 0.3 is 17.9 Å². The summed E-state index contributed by atoms with van der Waals surface area (Å²) < 4.78 is 9.83. The van der Waals surface area contributed by atoms with E-state index in [1.807, 2.05) is 6.92 Å². The van der Waals surface area contributed by atoms with E-state index in [4.69, 9.17) is 14.6 Å². The van der Waals surface area contributed by atoms with Crippen molar-refractivity contribution < 1.29 is 29.0 Å². The minimum atomic E-state index is -1.31. The van der Waals surface area contributed by atoms with Crippen molar-refractivity contribution in [1.29, 1.82) is 0 Å². The van der Waals surface area contributed by atoms with E-state index in [-0.39, 0.29) is 5.92 Å². The molecule has 0 amide bonds. The SMILES string of the molecule is CC[C@H](C)[C@H](N=CC1C(=O)OC(C)(C)OC1=O)C(=O)O. The molecule has 1 rings (SSSR count). The number of carbonyl (C=O) groups is 3. The lowest BCUT2D eigenvalue weighted by molar-refractivity contribution is -0.235. The van der Waals surface area contributed by atoms with Gasteiger partial charge in [-0.1, -0.05) is 20.3 Å². The Morgan fingerprint density at radius 2 is 1.90 bits per heavy atom. The Balaban J connectivity index is 2.85. The third kappa shape index (κ3) is 3.79. The van der Waals surface area contributed by atoms with Crippen molar-refractivity contribution in [3.63, 3.8) is 0 Å². The number of rotatable bonds is 5. The van der Waals surface area contributed by atoms with Gasteiger partial charge in [0.15, 0.2) is 5.92 Å². The molecule has 1 aliphatic rings. The van der Waals surface area contributed by atoms with Gasteiger partial charge in [0.25, 0.3) is 5.79 Å². The fourth-order valence-corrected chi connectivity index (χ4v) is 1.71. The summed E-state index contributed by atoms with van der Waals surface area (Å²) in [4.78, 5) is 38.3. The van der Waals surface area contributed by atoms with Crippen LogP contribution in [0.4, 0.5) is 0 Å². The molecule has 1 saturated heterocycles. The number of esters is 2. The number of cyclic esters (lactones) is 2. The molecule has 7 heteroatoms. The summed E-state index contributed by atoms with van der Waals surface area (Å²) in [5, 5.41) is 9.07. The molecule has 0 bridgehead atoms. The summed E-state index contributed by atoms with van der Waals surface area (Å²) in [7, 11) is 0. The lowest BCUT2D eigenvalue weighted by atomic mass is 9.99. The van der Waals surface area contributed by atoms with Crippen molar-refractivity contribution in [1.82, 2.24) is 0 Å². The molecule has 1 aliphatic heterocycles. The number of hydrogen-bond acceptors (Lipinski definition) is 6. The highest BCUT2D eigenvalue weighted by molar-refractivity contribution is 6.10. The van der Waals surface area contributed by atoms with E-state index in [1.54, 1.807) is 6.92 Å². The van der Waals surface area contributed by atoms with E-state index < -0.39 is 35.7 Å². The molecule has 0 saturated carbocycles. The second kappa shape index (κ2) is 6.02. The average Bonchev–Trinajstić information content (AvgIpc) is 2.30. The Hall–Kier alpha value is -1.92. The molecule has 0 aromatic heterocycles. The largest absolute Gasteiger partial charge is 0.480 e. The van der Waals surface area contributed by atoms with Gasteiger partial charge in [0.1, 0.15) is 6.04 Å². The van der Waals surface area contributed by atoms with Gasteiger partial charge < -0.3 is 14.6 Å². The maximum Gasteiger partial charge on any atom is 0.329 e. The van der Waals surface area contributed by atoms with Crippen LogP contribution in [0.5, 0.6) is 0 Å². The number of aliphatic imine (C=N–C) groups is 1. The van der Waals surface area contributed by atoms with Crippen molar-refractivity contribution in [2.45, 2.75) is 45.9 Å². The van der Waals surface area contributed by atoms with E-state index in [0.29, 0.717) is 6.42 Å². The van der Waals surface area contributed by atoms with Crippen LogP contribution in [0.1, 0.15) is 34.1 Å². The van der Waals surface area contributed by atoms with Crippen molar-refractivity contribution in [2.24, 2.45) is 16.8 Å². The Morgan fingerprint density at radius 3 is 2.30 bits per heavy atom. The molecule has 0 radical (unpaired) electrons. The van der Waals surface area contributed by atoms with Gasteiger partial charge in [0.05, 0.1) is 0 Å². The minimum Gasteiger partial charge on any atom is -0.480 e. The Morgan fingerprint density at radius 1 is 1.40 bits per heavy atom. The summed E-state index contributed by atoms with van der Waals surface area (Å²) in [6.45, 7) is 6.45. The van der Waals surface area contributed by atoms with E-state index in [2.05, 4.69) is 4.99 Å². The molecule has 0 aromatic carbocycles. The molecule has 1 heterocycles. The molecular weight excluding hydrogens is 266 g/mol. The highest BCUT2D eigenvalue weighted by Crippen LogP contribution is 2.22. The maximum absolute atomic E-state index is 11.7. The number of nitrogens with zero attached hydrogens (tertiary/aromatic N) is 1. The summed E-state index contributed by atoms with van der Waals surface area (Å²) >= 11 is 0. The zero-order chi connectivity index (χ0) is 15.5. The third-order valence-corrected chi connectivity index (χ3v) is 3.03. The van der Waals surface area contributed by atoms with Crippen LogP contribution in [-0.2, 0) is 23.9 Å². The first-order valence-corrected chi connectivity index (χ1v) is 6.39. The molecule has 20 heavy (non-hydrogen) atoms. The van der Waals surface area contributed by atoms with Crippen molar-refractivity contribution in [3.05, 3.63) is 0 Å². The molecule has 7 nitrogen and oxygen atoms in total. The monoisotopic (exact) mass is 285 g/mol. The highest BCUT2D eigenvalue weighted by Gasteiger charge is 2.42. The molecular formula is C13H19NO6. The number of aliphatic carboxylic acids is 1. The maximum atomic E-state index is 11.7. The van der Waals surface area contributed by atoms with Crippen LogP contribution < -0.4 is 0 Å². The number of hydrogen-bond donors (Lipinski definition) is 1. The van der Waals surface area contributed by atoms with Gasteiger partial charge in [-0.15, -0.1) is 0 Å².